The quantitative estimate of drug-likeness (QED) is 0.633. The van der Waals surface area contributed by atoms with Crippen molar-refractivity contribution in [3.05, 3.63) is 35.9 Å². The van der Waals surface area contributed by atoms with Crippen molar-refractivity contribution in [3.8, 4) is 0 Å². The van der Waals surface area contributed by atoms with E-state index in [0.29, 0.717) is 5.56 Å². The van der Waals surface area contributed by atoms with E-state index in [9.17, 15) is 19.5 Å². The van der Waals surface area contributed by atoms with Crippen molar-refractivity contribution in [2.75, 3.05) is 19.8 Å². The van der Waals surface area contributed by atoms with E-state index >= 15 is 0 Å². The molecule has 1 N–H and O–H groups in total. The largest absolute Gasteiger partial charge is 0.464 e. The zero-order chi connectivity index (χ0) is 18.4. The fourth-order valence-electron chi connectivity index (χ4n) is 2.97. The molecule has 7 nitrogen and oxygen atoms in total. The normalized spacial score (nSPS) is 19.2. The average molecular weight is 349 g/mol. The van der Waals surface area contributed by atoms with Crippen LogP contribution in [0.5, 0.6) is 0 Å². The molecule has 7 heteroatoms. The molecule has 1 amide bonds. The van der Waals surface area contributed by atoms with E-state index in [4.69, 9.17) is 9.47 Å². The van der Waals surface area contributed by atoms with Crippen LogP contribution in [0.4, 0.5) is 0 Å². The maximum absolute atomic E-state index is 13.0. The molecule has 0 radical (unpaired) electrons. The minimum atomic E-state index is -1.88. The molecule has 0 saturated carbocycles. The maximum atomic E-state index is 13.0. The van der Waals surface area contributed by atoms with Crippen LogP contribution in [-0.2, 0) is 19.1 Å². The summed E-state index contributed by atoms with van der Waals surface area (Å²) in [5.41, 5.74) is -1.56. The third-order valence-corrected chi connectivity index (χ3v) is 4.19. The van der Waals surface area contributed by atoms with Gasteiger partial charge in [0.1, 0.15) is 0 Å². The van der Waals surface area contributed by atoms with Gasteiger partial charge in [-0.1, -0.05) is 18.2 Å². The number of ether oxygens (including phenoxy) is 2. The lowest BCUT2D eigenvalue weighted by Gasteiger charge is -2.44. The summed E-state index contributed by atoms with van der Waals surface area (Å²) >= 11 is 0. The first kappa shape index (κ1) is 18.9. The van der Waals surface area contributed by atoms with Crippen molar-refractivity contribution in [2.24, 2.45) is 0 Å². The summed E-state index contributed by atoms with van der Waals surface area (Å²) in [6, 6.07) is 8.30. The minimum absolute atomic E-state index is 0.0512. The number of aliphatic hydroxyl groups is 1. The van der Waals surface area contributed by atoms with Gasteiger partial charge in [0.2, 0.25) is 5.54 Å². The molecule has 1 aliphatic rings. The number of carbonyl (C=O) groups excluding carboxylic acids is 3. The smallest absolute Gasteiger partial charge is 0.343 e. The van der Waals surface area contributed by atoms with Gasteiger partial charge >= 0.3 is 11.9 Å². The monoisotopic (exact) mass is 349 g/mol. The Morgan fingerprint density at radius 3 is 2.20 bits per heavy atom. The fraction of sp³-hybridized carbons (Fsp3) is 0.500. The van der Waals surface area contributed by atoms with E-state index in [1.54, 1.807) is 44.2 Å². The number of piperidine rings is 1. The Morgan fingerprint density at radius 2 is 1.68 bits per heavy atom. The van der Waals surface area contributed by atoms with E-state index in [0.717, 1.165) is 4.90 Å². The summed E-state index contributed by atoms with van der Waals surface area (Å²) in [5.74, 6) is -2.19. The third-order valence-electron chi connectivity index (χ3n) is 4.19. The highest BCUT2D eigenvalue weighted by atomic mass is 16.6. The molecule has 1 atom stereocenters. The molecule has 0 bridgehead atoms. The van der Waals surface area contributed by atoms with Crippen LogP contribution in [-0.4, -0.2) is 59.3 Å². The number of esters is 2. The predicted octanol–water partition coefficient (Wildman–Crippen LogP) is 1.15. The number of aliphatic hydroxyl groups excluding tert-OH is 1. The van der Waals surface area contributed by atoms with E-state index in [2.05, 4.69) is 0 Å². The molecular formula is C18H23NO6. The second kappa shape index (κ2) is 8.11. The van der Waals surface area contributed by atoms with Crippen LogP contribution >= 0.6 is 0 Å². The highest BCUT2D eigenvalue weighted by Crippen LogP contribution is 2.33. The summed E-state index contributed by atoms with van der Waals surface area (Å²) in [4.78, 5) is 39.4. The Balaban J connectivity index is 2.50. The van der Waals surface area contributed by atoms with Crippen LogP contribution in [0.2, 0.25) is 0 Å². The van der Waals surface area contributed by atoms with Gasteiger partial charge < -0.3 is 19.5 Å². The summed E-state index contributed by atoms with van der Waals surface area (Å²) in [7, 11) is 0. The van der Waals surface area contributed by atoms with Crippen LogP contribution in [0.25, 0.3) is 0 Å². The third kappa shape index (κ3) is 3.66. The van der Waals surface area contributed by atoms with Gasteiger partial charge in [-0.25, -0.2) is 9.59 Å². The fourth-order valence-corrected chi connectivity index (χ4v) is 2.97. The molecule has 1 aliphatic heterocycles. The Hall–Kier alpha value is -2.41. The van der Waals surface area contributed by atoms with Gasteiger partial charge in [-0.2, -0.15) is 0 Å². The van der Waals surface area contributed by atoms with Crippen molar-refractivity contribution < 1.29 is 29.0 Å². The molecule has 1 heterocycles. The van der Waals surface area contributed by atoms with Crippen molar-refractivity contribution >= 4 is 17.8 Å². The van der Waals surface area contributed by atoms with Gasteiger partial charge in [0.25, 0.3) is 5.91 Å². The molecule has 0 aromatic heterocycles. The molecular weight excluding hydrogens is 326 g/mol. The second-order valence-electron chi connectivity index (χ2n) is 5.78. The molecule has 0 spiro atoms. The average Bonchev–Trinajstić information content (AvgIpc) is 2.62. The number of β-amino-alcohol motifs (C(OH)–C–C–N with tert-alkyl or cyclic N) is 1. The van der Waals surface area contributed by atoms with Gasteiger partial charge in [0.05, 0.1) is 19.3 Å². The van der Waals surface area contributed by atoms with Crippen LogP contribution in [0.3, 0.4) is 0 Å². The minimum Gasteiger partial charge on any atom is -0.464 e. The van der Waals surface area contributed by atoms with Crippen molar-refractivity contribution in [1.29, 1.82) is 0 Å². The molecule has 0 aliphatic carbocycles. The van der Waals surface area contributed by atoms with Gasteiger partial charge in [-0.15, -0.1) is 0 Å². The summed E-state index contributed by atoms with van der Waals surface area (Å²) < 4.78 is 10.2. The van der Waals surface area contributed by atoms with Gasteiger partial charge in [-0.3, -0.25) is 4.79 Å². The van der Waals surface area contributed by atoms with Crippen LogP contribution in [0.15, 0.2) is 30.3 Å². The lowest BCUT2D eigenvalue weighted by Crippen LogP contribution is -2.67. The molecule has 1 fully saturated rings. The van der Waals surface area contributed by atoms with E-state index in [-0.39, 0.29) is 32.6 Å². The second-order valence-corrected chi connectivity index (χ2v) is 5.78. The summed E-state index contributed by atoms with van der Waals surface area (Å²) in [5, 5.41) is 10.0. The molecule has 25 heavy (non-hydrogen) atoms. The Bertz CT molecular complexity index is 612. The van der Waals surface area contributed by atoms with Gasteiger partial charge in [0.15, 0.2) is 0 Å². The van der Waals surface area contributed by atoms with E-state index in [1.165, 1.54) is 0 Å². The summed E-state index contributed by atoms with van der Waals surface area (Å²) in [6.07, 6.45) is -0.690. The Labute approximate surface area is 146 Å². The van der Waals surface area contributed by atoms with E-state index in [1.807, 2.05) is 0 Å². The number of hydrogen-bond acceptors (Lipinski definition) is 6. The molecule has 1 aromatic rings. The lowest BCUT2D eigenvalue weighted by atomic mass is 9.84. The lowest BCUT2D eigenvalue weighted by molar-refractivity contribution is -0.177. The van der Waals surface area contributed by atoms with Crippen molar-refractivity contribution in [2.45, 2.75) is 38.3 Å². The number of hydrogen-bond donors (Lipinski definition) is 1. The number of likely N-dealkylation sites (tertiary alicyclic amines) is 1. The zero-order valence-corrected chi connectivity index (χ0v) is 14.4. The highest BCUT2D eigenvalue weighted by Gasteiger charge is 2.58. The van der Waals surface area contributed by atoms with Crippen molar-refractivity contribution in [3.63, 3.8) is 0 Å². The molecule has 1 aromatic carbocycles. The first-order chi connectivity index (χ1) is 12.0. The van der Waals surface area contributed by atoms with Crippen LogP contribution < -0.4 is 0 Å². The number of carbonyl (C=O) groups is 3. The first-order valence-electron chi connectivity index (χ1n) is 8.36. The predicted molar refractivity (Wildman–Crippen MR) is 88.7 cm³/mol. The Kier molecular flexibility index (Phi) is 6.14. The molecule has 136 valence electrons. The number of rotatable bonds is 5. The number of nitrogens with zero attached hydrogens (tertiary/aromatic N) is 1. The molecule has 2 rings (SSSR count). The van der Waals surface area contributed by atoms with Crippen LogP contribution in [0, 0.1) is 0 Å². The number of amides is 1. The highest BCUT2D eigenvalue weighted by molar-refractivity contribution is 6.10. The van der Waals surface area contributed by atoms with Crippen molar-refractivity contribution in [1.82, 2.24) is 4.90 Å². The topological polar surface area (TPSA) is 93.1 Å². The molecule has 1 unspecified atom stereocenters. The summed E-state index contributed by atoms with van der Waals surface area (Å²) in [6.45, 7) is 3.23. The molecule has 1 saturated heterocycles. The standard InChI is InChI=1S/C18H23NO6/c1-3-24-16(22)18(17(23)25-4-2)11-10-14(20)12-19(18)15(21)13-8-6-5-7-9-13/h5-9,14,20H,3-4,10-12H2,1-2H3. The maximum Gasteiger partial charge on any atom is 0.343 e. The van der Waals surface area contributed by atoms with Gasteiger partial charge in [0, 0.05) is 12.1 Å². The Morgan fingerprint density at radius 1 is 1.12 bits per heavy atom. The SMILES string of the molecule is CCOC(=O)C1(C(=O)OCC)CCC(O)CN1C(=O)c1ccccc1. The zero-order valence-electron chi connectivity index (χ0n) is 14.4. The first-order valence-corrected chi connectivity index (χ1v) is 8.36. The number of benzene rings is 1. The van der Waals surface area contributed by atoms with Crippen LogP contribution in [0.1, 0.15) is 37.0 Å². The van der Waals surface area contributed by atoms with E-state index < -0.39 is 29.5 Å². The van der Waals surface area contributed by atoms with Gasteiger partial charge in [-0.05, 0) is 38.8 Å².